The van der Waals surface area contributed by atoms with Crippen molar-refractivity contribution >= 4 is 0 Å². The predicted octanol–water partition coefficient (Wildman–Crippen LogP) is 2.51. The summed E-state index contributed by atoms with van der Waals surface area (Å²) >= 11 is 0. The molecule has 0 radical (unpaired) electrons. The second kappa shape index (κ2) is 6.77. The number of hydrogen-bond donors (Lipinski definition) is 1. The van der Waals surface area contributed by atoms with Gasteiger partial charge in [0.1, 0.15) is 0 Å². The molecule has 0 bridgehead atoms. The van der Waals surface area contributed by atoms with Gasteiger partial charge in [-0.1, -0.05) is 30.3 Å². The topological polar surface area (TPSA) is 15.3 Å². The largest absolute Gasteiger partial charge is 0.307 e. The van der Waals surface area contributed by atoms with Crippen LogP contribution in [0.15, 0.2) is 30.3 Å². The average molecular weight is 232 g/mol. The summed E-state index contributed by atoms with van der Waals surface area (Å²) in [6, 6.07) is 10.9. The van der Waals surface area contributed by atoms with Crippen molar-refractivity contribution in [3.8, 4) is 0 Å². The molecule has 1 unspecified atom stereocenters. The fourth-order valence-corrected chi connectivity index (χ4v) is 2.77. The van der Waals surface area contributed by atoms with Gasteiger partial charge in [0.15, 0.2) is 0 Å². The first kappa shape index (κ1) is 12.6. The zero-order valence-corrected chi connectivity index (χ0v) is 10.9. The Balaban J connectivity index is 1.75. The highest BCUT2D eigenvalue weighted by molar-refractivity contribution is 5.14. The van der Waals surface area contributed by atoms with E-state index in [9.17, 15) is 0 Å². The van der Waals surface area contributed by atoms with Crippen LogP contribution >= 0.6 is 0 Å². The summed E-state index contributed by atoms with van der Waals surface area (Å²) < 4.78 is 0. The minimum absolute atomic E-state index is 0.886. The molecule has 0 saturated carbocycles. The fraction of sp³-hybridized carbons (Fsp3) is 0.600. The van der Waals surface area contributed by atoms with E-state index in [4.69, 9.17) is 0 Å². The minimum Gasteiger partial charge on any atom is -0.307 e. The molecule has 0 amide bonds. The van der Waals surface area contributed by atoms with Crippen LogP contribution in [0, 0.1) is 5.92 Å². The molecule has 17 heavy (non-hydrogen) atoms. The molecule has 1 aliphatic heterocycles. The summed E-state index contributed by atoms with van der Waals surface area (Å²) in [5, 5.41) is 3.26. The van der Waals surface area contributed by atoms with Crippen LogP contribution in [0.4, 0.5) is 0 Å². The van der Waals surface area contributed by atoms with E-state index >= 15 is 0 Å². The zero-order chi connectivity index (χ0) is 11.9. The molecule has 2 rings (SSSR count). The van der Waals surface area contributed by atoms with Crippen molar-refractivity contribution in [3.63, 3.8) is 0 Å². The smallest absolute Gasteiger partial charge is 0.0478 e. The van der Waals surface area contributed by atoms with E-state index in [0.29, 0.717) is 0 Å². The van der Waals surface area contributed by atoms with Crippen LogP contribution in [0.3, 0.4) is 0 Å². The Hall–Kier alpha value is -0.860. The number of aryl methyl sites for hydroxylation is 1. The van der Waals surface area contributed by atoms with Crippen molar-refractivity contribution in [2.45, 2.75) is 25.7 Å². The van der Waals surface area contributed by atoms with Crippen LogP contribution in [0.5, 0.6) is 0 Å². The Labute approximate surface area is 105 Å². The average Bonchev–Trinajstić information content (AvgIpc) is 2.39. The van der Waals surface area contributed by atoms with Crippen LogP contribution in [0.2, 0.25) is 0 Å². The number of rotatable bonds is 5. The number of nitrogens with one attached hydrogen (secondary N) is 1. The van der Waals surface area contributed by atoms with Gasteiger partial charge in [-0.2, -0.15) is 0 Å². The van der Waals surface area contributed by atoms with Crippen LogP contribution < -0.4 is 5.32 Å². The van der Waals surface area contributed by atoms with E-state index in [1.54, 1.807) is 0 Å². The van der Waals surface area contributed by atoms with Gasteiger partial charge in [0.2, 0.25) is 0 Å². The zero-order valence-electron chi connectivity index (χ0n) is 10.9. The van der Waals surface area contributed by atoms with E-state index in [1.807, 2.05) is 7.05 Å². The summed E-state index contributed by atoms with van der Waals surface area (Å²) in [7, 11) is 2.04. The standard InChI is InChI=1S/C15H24N2/c1-16-13-17-11-5-8-15(12-17)10-9-14-6-3-2-4-7-14/h2-4,6-7,15-16H,5,8-13H2,1H3. The van der Waals surface area contributed by atoms with Gasteiger partial charge in [-0.15, -0.1) is 0 Å². The predicted molar refractivity (Wildman–Crippen MR) is 73.0 cm³/mol. The number of likely N-dealkylation sites (tertiary alicyclic amines) is 1. The first-order valence-corrected chi connectivity index (χ1v) is 6.79. The van der Waals surface area contributed by atoms with Crippen LogP contribution in [-0.4, -0.2) is 31.7 Å². The minimum atomic E-state index is 0.886. The fourth-order valence-electron chi connectivity index (χ4n) is 2.77. The lowest BCUT2D eigenvalue weighted by Crippen LogP contribution is -2.40. The molecule has 1 aliphatic rings. The van der Waals surface area contributed by atoms with Gasteiger partial charge in [0.25, 0.3) is 0 Å². The van der Waals surface area contributed by atoms with Crippen molar-refractivity contribution in [2.75, 3.05) is 26.8 Å². The van der Waals surface area contributed by atoms with Crippen LogP contribution in [0.25, 0.3) is 0 Å². The third-order valence-electron chi connectivity index (χ3n) is 3.67. The molecule has 94 valence electrons. The first-order chi connectivity index (χ1) is 8.38. The maximum Gasteiger partial charge on any atom is 0.0478 e. The summed E-state index contributed by atoms with van der Waals surface area (Å²) in [6.07, 6.45) is 5.34. The first-order valence-electron chi connectivity index (χ1n) is 6.79. The molecule has 0 spiro atoms. The molecule has 0 aliphatic carbocycles. The normalized spacial score (nSPS) is 21.6. The van der Waals surface area contributed by atoms with E-state index in [2.05, 4.69) is 40.5 Å². The maximum atomic E-state index is 3.26. The molecule has 2 heteroatoms. The van der Waals surface area contributed by atoms with Crippen molar-refractivity contribution in [3.05, 3.63) is 35.9 Å². The van der Waals surface area contributed by atoms with Crippen molar-refractivity contribution in [1.29, 1.82) is 0 Å². The molecule has 2 nitrogen and oxygen atoms in total. The molecule has 1 heterocycles. The molecule has 0 aromatic heterocycles. The van der Waals surface area contributed by atoms with Crippen molar-refractivity contribution in [1.82, 2.24) is 10.2 Å². The molecule has 1 fully saturated rings. The third-order valence-corrected chi connectivity index (χ3v) is 3.67. The van der Waals surface area contributed by atoms with E-state index in [0.717, 1.165) is 12.6 Å². The van der Waals surface area contributed by atoms with Crippen LogP contribution in [-0.2, 0) is 6.42 Å². The lowest BCUT2D eigenvalue weighted by Gasteiger charge is -2.32. The monoisotopic (exact) mass is 232 g/mol. The quantitative estimate of drug-likeness (QED) is 0.839. The highest BCUT2D eigenvalue weighted by Gasteiger charge is 2.18. The summed E-state index contributed by atoms with van der Waals surface area (Å²) in [4.78, 5) is 2.54. The molecule has 1 N–H and O–H groups in total. The molecule has 1 atom stereocenters. The SMILES string of the molecule is CNCN1CCCC(CCc2ccccc2)C1. The van der Waals surface area contributed by atoms with Crippen molar-refractivity contribution in [2.24, 2.45) is 5.92 Å². The molecule has 1 saturated heterocycles. The number of hydrogen-bond acceptors (Lipinski definition) is 2. The van der Waals surface area contributed by atoms with Gasteiger partial charge in [-0.25, -0.2) is 0 Å². The van der Waals surface area contributed by atoms with E-state index in [-0.39, 0.29) is 0 Å². The van der Waals surface area contributed by atoms with Gasteiger partial charge < -0.3 is 5.32 Å². The Morgan fingerprint density at radius 1 is 1.29 bits per heavy atom. The lowest BCUT2D eigenvalue weighted by atomic mass is 9.92. The molecular weight excluding hydrogens is 208 g/mol. The van der Waals surface area contributed by atoms with Gasteiger partial charge in [-0.3, -0.25) is 4.90 Å². The van der Waals surface area contributed by atoms with E-state index in [1.165, 1.54) is 44.3 Å². The molecule has 1 aromatic carbocycles. The second-order valence-electron chi connectivity index (χ2n) is 5.12. The Morgan fingerprint density at radius 2 is 2.12 bits per heavy atom. The van der Waals surface area contributed by atoms with Crippen LogP contribution in [0.1, 0.15) is 24.8 Å². The summed E-state index contributed by atoms with van der Waals surface area (Å²) in [6.45, 7) is 3.58. The van der Waals surface area contributed by atoms with Gasteiger partial charge >= 0.3 is 0 Å². The number of benzene rings is 1. The van der Waals surface area contributed by atoms with Crippen molar-refractivity contribution < 1.29 is 0 Å². The Kier molecular flexibility index (Phi) is 5.02. The maximum absolute atomic E-state index is 3.26. The molecule has 1 aromatic rings. The molecular formula is C15H24N2. The van der Waals surface area contributed by atoms with Gasteiger partial charge in [0.05, 0.1) is 0 Å². The van der Waals surface area contributed by atoms with Gasteiger partial charge in [0, 0.05) is 13.2 Å². The summed E-state index contributed by atoms with van der Waals surface area (Å²) in [5.74, 6) is 0.886. The number of piperidine rings is 1. The summed E-state index contributed by atoms with van der Waals surface area (Å²) in [5.41, 5.74) is 1.48. The van der Waals surface area contributed by atoms with Gasteiger partial charge in [-0.05, 0) is 50.8 Å². The highest BCUT2D eigenvalue weighted by atomic mass is 15.2. The number of nitrogens with zero attached hydrogens (tertiary/aromatic N) is 1. The Bertz CT molecular complexity index is 308. The Morgan fingerprint density at radius 3 is 2.88 bits per heavy atom. The highest BCUT2D eigenvalue weighted by Crippen LogP contribution is 2.20. The second-order valence-corrected chi connectivity index (χ2v) is 5.12. The third kappa shape index (κ3) is 4.14. The van der Waals surface area contributed by atoms with E-state index < -0.39 is 0 Å². The lowest BCUT2D eigenvalue weighted by molar-refractivity contribution is 0.161.